The van der Waals surface area contributed by atoms with Gasteiger partial charge >= 0.3 is 0 Å². The van der Waals surface area contributed by atoms with Crippen molar-refractivity contribution >= 4 is 5.91 Å². The highest BCUT2D eigenvalue weighted by atomic mass is 16.5. The van der Waals surface area contributed by atoms with Gasteiger partial charge in [-0.05, 0) is 31.9 Å². The summed E-state index contributed by atoms with van der Waals surface area (Å²) in [5.41, 5.74) is 9.88. The van der Waals surface area contributed by atoms with Gasteiger partial charge in [-0.25, -0.2) is 10.9 Å². The summed E-state index contributed by atoms with van der Waals surface area (Å²) in [5.74, 6) is -0.144. The molecule has 1 aliphatic rings. The lowest BCUT2D eigenvalue weighted by Gasteiger charge is -2.31. The zero-order chi connectivity index (χ0) is 18.1. The Hall–Kier alpha value is -1.51. The van der Waals surface area contributed by atoms with Crippen molar-refractivity contribution in [2.75, 3.05) is 20.8 Å². The van der Waals surface area contributed by atoms with Gasteiger partial charge in [0.1, 0.15) is 0 Å². The van der Waals surface area contributed by atoms with Crippen LogP contribution in [0.2, 0.25) is 0 Å². The van der Waals surface area contributed by atoms with Crippen LogP contribution in [0.1, 0.15) is 43.0 Å². The summed E-state index contributed by atoms with van der Waals surface area (Å²) >= 11 is 0. The quantitative estimate of drug-likeness (QED) is 0.769. The molecule has 140 valence electrons. The Morgan fingerprint density at radius 1 is 1.08 bits per heavy atom. The van der Waals surface area contributed by atoms with Crippen molar-refractivity contribution in [3.05, 3.63) is 35.9 Å². The Kier molecular flexibility index (Phi) is 8.30. The third-order valence-electron chi connectivity index (χ3n) is 4.46. The minimum Gasteiger partial charge on any atom is -0.379 e. The highest BCUT2D eigenvalue weighted by Crippen LogP contribution is 2.14. The number of benzene rings is 1. The molecule has 1 saturated heterocycles. The molecule has 1 heterocycles. The topological polar surface area (TPSA) is 74.9 Å². The average molecular weight is 350 g/mol. The van der Waals surface area contributed by atoms with Crippen molar-refractivity contribution in [1.82, 2.24) is 21.5 Å². The molecule has 0 spiro atoms. The van der Waals surface area contributed by atoms with Crippen LogP contribution in [0.15, 0.2) is 30.3 Å². The average Bonchev–Trinajstić information content (AvgIpc) is 2.64. The molecule has 2 rings (SSSR count). The normalized spacial score (nSPS) is 26.5. The molecular weight excluding hydrogens is 320 g/mol. The van der Waals surface area contributed by atoms with Gasteiger partial charge in [-0.3, -0.25) is 4.79 Å². The Bertz CT molecular complexity index is 514. The van der Waals surface area contributed by atoms with E-state index in [4.69, 9.17) is 9.47 Å². The first-order valence-electron chi connectivity index (χ1n) is 8.85. The SMILES string of the molecule is COC1CCCCC(C)NN(C(=O)c2ccccc2)NNCC1OC. The molecule has 7 heteroatoms. The summed E-state index contributed by atoms with van der Waals surface area (Å²) in [6, 6.07) is 9.36. The fourth-order valence-corrected chi connectivity index (χ4v) is 2.98. The van der Waals surface area contributed by atoms with Gasteiger partial charge in [0.25, 0.3) is 5.91 Å². The van der Waals surface area contributed by atoms with Gasteiger partial charge in [0.2, 0.25) is 0 Å². The third kappa shape index (κ3) is 6.05. The Labute approximate surface area is 150 Å². The van der Waals surface area contributed by atoms with Crippen LogP contribution in [0.3, 0.4) is 0 Å². The molecule has 1 aromatic rings. The molecule has 3 unspecified atom stereocenters. The van der Waals surface area contributed by atoms with Gasteiger partial charge in [-0.1, -0.05) is 31.0 Å². The number of methoxy groups -OCH3 is 2. The fraction of sp³-hybridized carbons (Fsp3) is 0.611. The number of ether oxygens (including phenoxy) is 2. The summed E-state index contributed by atoms with van der Waals surface area (Å²) in [7, 11) is 3.39. The van der Waals surface area contributed by atoms with Crippen LogP contribution in [0.25, 0.3) is 0 Å². The maximum Gasteiger partial charge on any atom is 0.283 e. The van der Waals surface area contributed by atoms with Gasteiger partial charge in [0, 0.05) is 32.4 Å². The minimum absolute atomic E-state index is 0.0280. The van der Waals surface area contributed by atoms with E-state index in [9.17, 15) is 4.79 Å². The van der Waals surface area contributed by atoms with E-state index in [1.54, 1.807) is 26.4 Å². The first kappa shape index (κ1) is 19.8. The van der Waals surface area contributed by atoms with E-state index in [2.05, 4.69) is 23.3 Å². The van der Waals surface area contributed by atoms with Crippen molar-refractivity contribution in [1.29, 1.82) is 0 Å². The van der Waals surface area contributed by atoms with E-state index < -0.39 is 0 Å². The molecule has 0 aliphatic carbocycles. The summed E-state index contributed by atoms with van der Waals surface area (Å²) in [5, 5.41) is 1.41. The summed E-state index contributed by atoms with van der Waals surface area (Å²) in [6.07, 6.45) is 3.98. The van der Waals surface area contributed by atoms with Crippen LogP contribution in [-0.4, -0.2) is 50.0 Å². The van der Waals surface area contributed by atoms with Crippen molar-refractivity contribution < 1.29 is 14.3 Å². The molecule has 0 radical (unpaired) electrons. The fourth-order valence-electron chi connectivity index (χ4n) is 2.98. The monoisotopic (exact) mass is 350 g/mol. The van der Waals surface area contributed by atoms with Crippen LogP contribution in [-0.2, 0) is 9.47 Å². The van der Waals surface area contributed by atoms with Crippen LogP contribution in [0.5, 0.6) is 0 Å². The number of carbonyl (C=O) groups excluding carboxylic acids is 1. The molecule has 1 fully saturated rings. The predicted octanol–water partition coefficient (Wildman–Crippen LogP) is 1.64. The largest absolute Gasteiger partial charge is 0.379 e. The second-order valence-electron chi connectivity index (χ2n) is 6.36. The predicted molar refractivity (Wildman–Crippen MR) is 96.4 cm³/mol. The van der Waals surface area contributed by atoms with Gasteiger partial charge in [-0.15, -0.1) is 0 Å². The molecule has 0 bridgehead atoms. The molecule has 3 atom stereocenters. The number of carbonyl (C=O) groups is 1. The van der Waals surface area contributed by atoms with E-state index in [1.807, 2.05) is 18.2 Å². The van der Waals surface area contributed by atoms with Crippen molar-refractivity contribution in [3.63, 3.8) is 0 Å². The zero-order valence-corrected chi connectivity index (χ0v) is 15.3. The highest BCUT2D eigenvalue weighted by Gasteiger charge is 2.23. The molecule has 3 N–H and O–H groups in total. The smallest absolute Gasteiger partial charge is 0.283 e. The number of hydrazine groups is 3. The number of nitrogens with one attached hydrogen (secondary N) is 3. The molecule has 1 aromatic carbocycles. The Morgan fingerprint density at radius 3 is 2.44 bits per heavy atom. The number of hydrogen-bond donors (Lipinski definition) is 3. The Morgan fingerprint density at radius 2 is 1.76 bits per heavy atom. The van der Waals surface area contributed by atoms with Gasteiger partial charge in [0.15, 0.2) is 0 Å². The standard InChI is InChI=1S/C18H30N4O3/c1-14-9-7-8-12-16(24-2)17(25-3)13-19-21-22(20-14)18(23)15-10-5-4-6-11-15/h4-6,10-11,14,16-17,19-21H,7-9,12-13H2,1-3H3. The zero-order valence-electron chi connectivity index (χ0n) is 15.3. The van der Waals surface area contributed by atoms with Gasteiger partial charge < -0.3 is 9.47 Å². The number of nitrogens with zero attached hydrogens (tertiary/aromatic N) is 1. The van der Waals surface area contributed by atoms with E-state index in [0.29, 0.717) is 12.1 Å². The van der Waals surface area contributed by atoms with Crippen LogP contribution >= 0.6 is 0 Å². The van der Waals surface area contributed by atoms with E-state index in [1.165, 1.54) is 5.12 Å². The molecule has 1 amide bonds. The number of amides is 1. The number of rotatable bonds is 3. The molecule has 7 nitrogen and oxygen atoms in total. The molecule has 0 saturated carbocycles. The second kappa shape index (κ2) is 10.5. The number of hydrogen-bond acceptors (Lipinski definition) is 6. The highest BCUT2D eigenvalue weighted by molar-refractivity contribution is 5.93. The van der Waals surface area contributed by atoms with E-state index in [0.717, 1.165) is 25.7 Å². The first-order chi connectivity index (χ1) is 12.2. The summed E-state index contributed by atoms with van der Waals surface area (Å²) in [4.78, 5) is 12.7. The van der Waals surface area contributed by atoms with E-state index in [-0.39, 0.29) is 24.2 Å². The van der Waals surface area contributed by atoms with Gasteiger partial charge in [0.05, 0.1) is 12.2 Å². The molecule has 0 aromatic heterocycles. The lowest BCUT2D eigenvalue weighted by molar-refractivity contribution is -0.0464. The third-order valence-corrected chi connectivity index (χ3v) is 4.46. The van der Waals surface area contributed by atoms with Gasteiger partial charge in [-0.2, -0.15) is 10.7 Å². The minimum atomic E-state index is -0.144. The van der Waals surface area contributed by atoms with Crippen molar-refractivity contribution in [2.45, 2.75) is 50.9 Å². The second-order valence-corrected chi connectivity index (χ2v) is 6.36. The Balaban J connectivity index is 2.07. The summed E-state index contributed by atoms with van der Waals surface area (Å²) < 4.78 is 11.1. The maximum atomic E-state index is 12.7. The van der Waals surface area contributed by atoms with Crippen LogP contribution in [0, 0.1) is 0 Å². The van der Waals surface area contributed by atoms with Crippen LogP contribution < -0.4 is 16.4 Å². The first-order valence-corrected chi connectivity index (χ1v) is 8.85. The van der Waals surface area contributed by atoms with Crippen LogP contribution in [0.4, 0.5) is 0 Å². The lowest BCUT2D eigenvalue weighted by Crippen LogP contribution is -2.60. The molecule has 25 heavy (non-hydrogen) atoms. The maximum absolute atomic E-state index is 12.7. The van der Waals surface area contributed by atoms with Crippen molar-refractivity contribution in [3.8, 4) is 0 Å². The summed E-state index contributed by atoms with van der Waals surface area (Å²) in [6.45, 7) is 2.59. The molecular formula is C18H30N4O3. The van der Waals surface area contributed by atoms with Crippen molar-refractivity contribution in [2.24, 2.45) is 0 Å². The lowest BCUT2D eigenvalue weighted by atomic mass is 10.0. The van der Waals surface area contributed by atoms with E-state index >= 15 is 0 Å². The molecule has 1 aliphatic heterocycles.